The Bertz CT molecular complexity index is 1430. The lowest BCUT2D eigenvalue weighted by molar-refractivity contribution is 0.0507. The molecular weight excluding hydrogens is 546 g/mol. The van der Waals surface area contributed by atoms with Gasteiger partial charge in [0.05, 0.1) is 36.2 Å². The lowest BCUT2D eigenvalue weighted by atomic mass is 10.1. The van der Waals surface area contributed by atoms with Gasteiger partial charge in [-0.3, -0.25) is 4.98 Å². The highest BCUT2D eigenvalue weighted by Crippen LogP contribution is 2.30. The van der Waals surface area contributed by atoms with E-state index >= 15 is 0 Å². The summed E-state index contributed by atoms with van der Waals surface area (Å²) in [5, 5.41) is 3.61. The van der Waals surface area contributed by atoms with Crippen molar-refractivity contribution in [2.24, 2.45) is 0 Å². The Morgan fingerprint density at radius 3 is 2.68 bits per heavy atom. The lowest BCUT2D eigenvalue weighted by Crippen LogP contribution is -2.34. The van der Waals surface area contributed by atoms with Crippen LogP contribution < -0.4 is 10.1 Å². The Labute approximate surface area is 222 Å². The second-order valence-corrected chi connectivity index (χ2v) is 10.7. The van der Waals surface area contributed by atoms with E-state index in [0.717, 1.165) is 45.0 Å². The van der Waals surface area contributed by atoms with Gasteiger partial charge in [0.2, 0.25) is 0 Å². The number of amides is 1. The first-order valence-corrected chi connectivity index (χ1v) is 12.8. The normalized spacial score (nSPS) is 12.6. The van der Waals surface area contributed by atoms with Crippen LogP contribution in [0.25, 0.3) is 21.9 Å². The van der Waals surface area contributed by atoms with Crippen molar-refractivity contribution in [3.8, 4) is 5.75 Å². The Balaban J connectivity index is 1.40. The zero-order valence-electron chi connectivity index (χ0n) is 21.1. The minimum Gasteiger partial charge on any atom is -0.490 e. The number of nitrogens with zero attached hydrogens (tertiary/aromatic N) is 3. The maximum Gasteiger partial charge on any atom is 0.408 e. The molecule has 0 fully saturated rings. The number of carbonyl (C=O) groups excluding carboxylic acids is 1. The molecule has 7 nitrogen and oxygen atoms in total. The molecule has 2 heterocycles. The van der Waals surface area contributed by atoms with E-state index in [1.165, 1.54) is 0 Å². The third kappa shape index (κ3) is 6.54. The van der Waals surface area contributed by atoms with Crippen LogP contribution in [0.1, 0.15) is 52.1 Å². The second kappa shape index (κ2) is 11.0. The molecule has 1 N–H and O–H groups in total. The van der Waals surface area contributed by atoms with Crippen LogP contribution in [0.4, 0.5) is 13.6 Å². The monoisotopic (exact) mass is 574 g/mol. The Kier molecular flexibility index (Phi) is 7.96. The minimum atomic E-state index is -0.821. The molecule has 10 heteroatoms. The number of carbonyl (C=O) groups is 1. The van der Waals surface area contributed by atoms with E-state index in [-0.39, 0.29) is 17.9 Å². The average molecular weight is 575 g/mol. The predicted molar refractivity (Wildman–Crippen MR) is 142 cm³/mol. The summed E-state index contributed by atoms with van der Waals surface area (Å²) in [5.41, 5.74) is 2.20. The highest BCUT2D eigenvalue weighted by molar-refractivity contribution is 9.10. The molecule has 196 valence electrons. The third-order valence-corrected chi connectivity index (χ3v) is 6.18. The summed E-state index contributed by atoms with van der Waals surface area (Å²) in [5.74, 6) is -1.66. The summed E-state index contributed by atoms with van der Waals surface area (Å²) >= 11 is 3.52. The first kappa shape index (κ1) is 26.8. The zero-order chi connectivity index (χ0) is 26.7. The minimum absolute atomic E-state index is 0.0834. The standard InChI is InChI=1S/C27H29BrF2N4O3/c1-16(33-26(35)37-27(2,3)4)19-12-18(29)13-21(30)25(19)36-10-6-5-9-34-15-32-23-14-31-22-8-7-17(28)11-20(22)24(23)34/h7-8,11-16H,5-6,9-10H2,1-4H3,(H,33,35)/t16-/m1/s1. The van der Waals surface area contributed by atoms with Crippen molar-refractivity contribution in [1.82, 2.24) is 19.9 Å². The summed E-state index contributed by atoms with van der Waals surface area (Å²) in [6, 6.07) is 7.14. The number of aryl methyl sites for hydroxylation is 1. The van der Waals surface area contributed by atoms with Gasteiger partial charge in [-0.1, -0.05) is 15.9 Å². The number of unbranched alkanes of at least 4 members (excludes halogenated alkanes) is 1. The number of imidazole rings is 1. The van der Waals surface area contributed by atoms with E-state index < -0.39 is 29.4 Å². The van der Waals surface area contributed by atoms with Gasteiger partial charge in [0.15, 0.2) is 11.6 Å². The molecule has 1 atom stereocenters. The third-order valence-electron chi connectivity index (χ3n) is 5.68. The van der Waals surface area contributed by atoms with Crippen LogP contribution in [-0.4, -0.2) is 32.8 Å². The largest absolute Gasteiger partial charge is 0.490 e. The molecule has 0 radical (unpaired) electrons. The molecule has 0 aliphatic heterocycles. The van der Waals surface area contributed by atoms with Gasteiger partial charge in [-0.05, 0) is 64.8 Å². The number of aromatic nitrogens is 3. The first-order valence-electron chi connectivity index (χ1n) is 12.0. The highest BCUT2D eigenvalue weighted by atomic mass is 79.9. The molecule has 0 bridgehead atoms. The fourth-order valence-corrected chi connectivity index (χ4v) is 4.43. The number of rotatable bonds is 8. The van der Waals surface area contributed by atoms with Gasteiger partial charge < -0.3 is 19.4 Å². The Morgan fingerprint density at radius 1 is 1.14 bits per heavy atom. The predicted octanol–water partition coefficient (Wildman–Crippen LogP) is 7.07. The number of alkyl carbamates (subject to hydrolysis) is 1. The maximum atomic E-state index is 14.6. The number of hydrogen-bond acceptors (Lipinski definition) is 5. The molecule has 0 unspecified atom stereocenters. The lowest BCUT2D eigenvalue weighted by Gasteiger charge is -2.23. The molecule has 2 aromatic carbocycles. The second-order valence-electron chi connectivity index (χ2n) is 9.82. The van der Waals surface area contributed by atoms with Gasteiger partial charge in [-0.25, -0.2) is 18.6 Å². The van der Waals surface area contributed by atoms with Crippen LogP contribution in [0.3, 0.4) is 0 Å². The summed E-state index contributed by atoms with van der Waals surface area (Å²) in [6.45, 7) is 7.72. The van der Waals surface area contributed by atoms with Crippen molar-refractivity contribution in [3.05, 3.63) is 64.5 Å². The highest BCUT2D eigenvalue weighted by Gasteiger charge is 2.22. The molecule has 0 saturated heterocycles. The van der Waals surface area contributed by atoms with Crippen molar-refractivity contribution < 1.29 is 23.0 Å². The average Bonchev–Trinajstić information content (AvgIpc) is 3.22. The van der Waals surface area contributed by atoms with Crippen LogP contribution in [0.2, 0.25) is 0 Å². The maximum absolute atomic E-state index is 14.6. The molecule has 0 aliphatic rings. The zero-order valence-corrected chi connectivity index (χ0v) is 22.7. The molecule has 0 spiro atoms. The van der Waals surface area contributed by atoms with Gasteiger partial charge >= 0.3 is 6.09 Å². The molecule has 2 aromatic heterocycles. The number of benzene rings is 2. The van der Waals surface area contributed by atoms with Crippen LogP contribution in [-0.2, 0) is 11.3 Å². The van der Waals surface area contributed by atoms with E-state index in [4.69, 9.17) is 9.47 Å². The first-order chi connectivity index (χ1) is 17.5. The number of halogens is 3. The molecule has 0 saturated carbocycles. The van der Waals surface area contributed by atoms with Gasteiger partial charge in [0, 0.05) is 28.0 Å². The van der Waals surface area contributed by atoms with Crippen molar-refractivity contribution in [2.75, 3.05) is 6.61 Å². The number of fused-ring (bicyclic) bond motifs is 3. The van der Waals surface area contributed by atoms with Crippen LogP contribution in [0, 0.1) is 11.6 Å². The van der Waals surface area contributed by atoms with Crippen molar-refractivity contribution in [3.63, 3.8) is 0 Å². The van der Waals surface area contributed by atoms with E-state index in [1.54, 1.807) is 40.2 Å². The van der Waals surface area contributed by atoms with E-state index in [9.17, 15) is 13.6 Å². The molecule has 1 amide bonds. The number of pyridine rings is 1. The number of nitrogens with one attached hydrogen (secondary N) is 1. The fraction of sp³-hybridized carbons (Fsp3) is 0.370. The van der Waals surface area contributed by atoms with E-state index in [2.05, 4.69) is 35.8 Å². The van der Waals surface area contributed by atoms with Gasteiger partial charge in [-0.2, -0.15) is 0 Å². The van der Waals surface area contributed by atoms with Gasteiger partial charge in [0.25, 0.3) is 0 Å². The summed E-state index contributed by atoms with van der Waals surface area (Å²) in [4.78, 5) is 21.1. The molecule has 0 aliphatic carbocycles. The fourth-order valence-electron chi connectivity index (χ4n) is 4.07. The molecule has 4 aromatic rings. The van der Waals surface area contributed by atoms with Crippen LogP contribution in [0.15, 0.2) is 47.3 Å². The number of ether oxygens (including phenoxy) is 2. The van der Waals surface area contributed by atoms with Crippen molar-refractivity contribution in [2.45, 2.75) is 58.7 Å². The van der Waals surface area contributed by atoms with Gasteiger partial charge in [-0.15, -0.1) is 0 Å². The molecule has 4 rings (SSSR count). The molecular formula is C27H29BrF2N4O3. The van der Waals surface area contributed by atoms with Gasteiger partial charge in [0.1, 0.15) is 16.9 Å². The summed E-state index contributed by atoms with van der Waals surface area (Å²) < 4.78 is 42.6. The quantitative estimate of drug-likeness (QED) is 0.228. The summed E-state index contributed by atoms with van der Waals surface area (Å²) in [6.07, 6.45) is 4.23. The summed E-state index contributed by atoms with van der Waals surface area (Å²) in [7, 11) is 0. The number of hydrogen-bond donors (Lipinski definition) is 1. The van der Waals surface area contributed by atoms with Crippen LogP contribution in [0.5, 0.6) is 5.75 Å². The van der Waals surface area contributed by atoms with E-state index in [1.807, 2.05) is 18.2 Å². The topological polar surface area (TPSA) is 78.3 Å². The van der Waals surface area contributed by atoms with Crippen LogP contribution >= 0.6 is 15.9 Å². The molecule has 37 heavy (non-hydrogen) atoms. The van der Waals surface area contributed by atoms with E-state index in [0.29, 0.717) is 13.0 Å². The SMILES string of the molecule is C[C@@H](NC(=O)OC(C)(C)C)c1cc(F)cc(F)c1OCCCCn1cnc2cnc3ccc(Br)cc3c21. The van der Waals surface area contributed by atoms with Crippen molar-refractivity contribution in [1.29, 1.82) is 0 Å². The Hall–Kier alpha value is -3.27. The Morgan fingerprint density at radius 2 is 1.92 bits per heavy atom. The smallest absolute Gasteiger partial charge is 0.408 e. The van der Waals surface area contributed by atoms with Crippen molar-refractivity contribution >= 4 is 44.0 Å².